The van der Waals surface area contributed by atoms with E-state index in [1.807, 2.05) is 0 Å². The highest BCUT2D eigenvalue weighted by molar-refractivity contribution is 4.86. The molecule has 1 aliphatic rings. The minimum atomic E-state index is 0.453. The average molecular weight is 240 g/mol. The van der Waals surface area contributed by atoms with E-state index in [1.54, 1.807) is 0 Å². The normalized spacial score (nSPS) is 29.5. The maximum Gasteiger partial charge on any atom is 0.00477 e. The summed E-state index contributed by atoms with van der Waals surface area (Å²) in [6, 6.07) is 0. The third-order valence-electron chi connectivity index (χ3n) is 4.32. The van der Waals surface area contributed by atoms with Crippen molar-refractivity contribution in [2.45, 2.75) is 47.5 Å². The number of rotatable bonds is 7. The van der Waals surface area contributed by atoms with Crippen molar-refractivity contribution >= 4 is 0 Å². The van der Waals surface area contributed by atoms with E-state index in [4.69, 9.17) is 0 Å². The molecule has 3 atom stereocenters. The third-order valence-corrected chi connectivity index (χ3v) is 4.32. The van der Waals surface area contributed by atoms with E-state index < -0.39 is 0 Å². The smallest absolute Gasteiger partial charge is 0.00477 e. The molecule has 0 bridgehead atoms. The third kappa shape index (κ3) is 4.59. The number of nitrogens with one attached hydrogen (secondary N) is 1. The van der Waals surface area contributed by atoms with Gasteiger partial charge in [-0.05, 0) is 30.2 Å². The first-order valence-corrected chi connectivity index (χ1v) is 7.44. The van der Waals surface area contributed by atoms with Gasteiger partial charge in [0.2, 0.25) is 0 Å². The Morgan fingerprint density at radius 3 is 2.24 bits per heavy atom. The Morgan fingerprint density at radius 2 is 1.76 bits per heavy atom. The van der Waals surface area contributed by atoms with E-state index in [0.29, 0.717) is 5.41 Å². The van der Waals surface area contributed by atoms with Crippen LogP contribution in [-0.4, -0.2) is 37.6 Å². The van der Waals surface area contributed by atoms with Crippen LogP contribution in [0.3, 0.4) is 0 Å². The average Bonchev–Trinajstić information content (AvgIpc) is 2.55. The highest BCUT2D eigenvalue weighted by Gasteiger charge is 2.32. The largest absolute Gasteiger partial charge is 0.316 e. The van der Waals surface area contributed by atoms with Crippen molar-refractivity contribution in [2.75, 3.05) is 32.7 Å². The van der Waals surface area contributed by atoms with E-state index in [-0.39, 0.29) is 0 Å². The number of nitrogens with zero attached hydrogens (tertiary/aromatic N) is 1. The van der Waals surface area contributed by atoms with Gasteiger partial charge in [0.25, 0.3) is 0 Å². The molecule has 1 heterocycles. The Bertz CT molecular complexity index is 207. The summed E-state index contributed by atoms with van der Waals surface area (Å²) in [5.41, 5.74) is 0.453. The van der Waals surface area contributed by atoms with Crippen LogP contribution in [0.25, 0.3) is 0 Å². The van der Waals surface area contributed by atoms with Crippen molar-refractivity contribution < 1.29 is 0 Å². The van der Waals surface area contributed by atoms with Crippen LogP contribution in [0.5, 0.6) is 0 Å². The van der Waals surface area contributed by atoms with Gasteiger partial charge in [0.15, 0.2) is 0 Å². The van der Waals surface area contributed by atoms with Crippen LogP contribution in [0.4, 0.5) is 0 Å². The molecule has 3 unspecified atom stereocenters. The summed E-state index contributed by atoms with van der Waals surface area (Å²) >= 11 is 0. The molecule has 2 heteroatoms. The highest BCUT2D eigenvalue weighted by atomic mass is 15.2. The molecule has 0 aromatic rings. The van der Waals surface area contributed by atoms with E-state index in [2.05, 4.69) is 44.8 Å². The zero-order chi connectivity index (χ0) is 12.9. The van der Waals surface area contributed by atoms with Gasteiger partial charge in [-0.3, -0.25) is 0 Å². The van der Waals surface area contributed by atoms with E-state index in [1.165, 1.54) is 32.5 Å². The van der Waals surface area contributed by atoms with E-state index in [9.17, 15) is 0 Å². The molecule has 2 nitrogen and oxygen atoms in total. The van der Waals surface area contributed by atoms with Gasteiger partial charge >= 0.3 is 0 Å². The maximum atomic E-state index is 3.54. The van der Waals surface area contributed by atoms with Crippen molar-refractivity contribution in [3.63, 3.8) is 0 Å². The lowest BCUT2D eigenvalue weighted by Crippen LogP contribution is -2.41. The summed E-state index contributed by atoms with van der Waals surface area (Å²) in [7, 11) is 0. The molecule has 17 heavy (non-hydrogen) atoms. The molecular weight excluding hydrogens is 208 g/mol. The predicted molar refractivity (Wildman–Crippen MR) is 76.3 cm³/mol. The van der Waals surface area contributed by atoms with Crippen LogP contribution in [0.1, 0.15) is 47.5 Å². The fourth-order valence-corrected chi connectivity index (χ4v) is 3.17. The van der Waals surface area contributed by atoms with E-state index in [0.717, 1.165) is 24.9 Å². The summed E-state index contributed by atoms with van der Waals surface area (Å²) in [6.45, 7) is 17.9. The fraction of sp³-hybridized carbons (Fsp3) is 1.00. The second-order valence-electron chi connectivity index (χ2n) is 6.49. The number of likely N-dealkylation sites (tertiary alicyclic amines) is 1. The van der Waals surface area contributed by atoms with Gasteiger partial charge in [0.1, 0.15) is 0 Å². The first-order chi connectivity index (χ1) is 8.00. The molecular formula is C15H32N2. The van der Waals surface area contributed by atoms with Gasteiger partial charge in [0.05, 0.1) is 0 Å². The molecule has 102 valence electrons. The molecule has 1 saturated heterocycles. The predicted octanol–water partition coefficient (Wildman–Crippen LogP) is 2.99. The van der Waals surface area contributed by atoms with Gasteiger partial charge in [-0.1, -0.05) is 41.0 Å². The van der Waals surface area contributed by atoms with Crippen LogP contribution in [0.15, 0.2) is 0 Å². The first kappa shape index (κ1) is 15.0. The molecule has 0 saturated carbocycles. The summed E-state index contributed by atoms with van der Waals surface area (Å²) in [5, 5.41) is 3.54. The molecule has 0 amide bonds. The molecule has 0 spiro atoms. The lowest BCUT2D eigenvalue weighted by Gasteiger charge is -2.34. The zero-order valence-corrected chi connectivity index (χ0v) is 12.6. The van der Waals surface area contributed by atoms with Crippen LogP contribution in [0.2, 0.25) is 0 Å². The summed E-state index contributed by atoms with van der Waals surface area (Å²) in [5.74, 6) is 1.75. The minimum absolute atomic E-state index is 0.453. The Kier molecular flexibility index (Phi) is 5.94. The van der Waals surface area contributed by atoms with Crippen LogP contribution < -0.4 is 5.32 Å². The second-order valence-corrected chi connectivity index (χ2v) is 6.49. The Morgan fingerprint density at radius 1 is 1.18 bits per heavy atom. The molecule has 0 aromatic heterocycles. The van der Waals surface area contributed by atoms with Gasteiger partial charge in [-0.25, -0.2) is 0 Å². The quantitative estimate of drug-likeness (QED) is 0.736. The summed E-state index contributed by atoms with van der Waals surface area (Å²) < 4.78 is 0. The monoisotopic (exact) mass is 240 g/mol. The molecule has 0 radical (unpaired) electrons. The lowest BCUT2D eigenvalue weighted by atomic mass is 9.85. The van der Waals surface area contributed by atoms with E-state index >= 15 is 0 Å². The SMILES string of the molecule is CCCC(C)(CNCC)CN1CC(C)C(C)C1. The first-order valence-electron chi connectivity index (χ1n) is 7.44. The van der Waals surface area contributed by atoms with Gasteiger partial charge < -0.3 is 10.2 Å². The molecule has 1 rings (SSSR count). The number of hydrogen-bond acceptors (Lipinski definition) is 2. The molecule has 0 aliphatic carbocycles. The lowest BCUT2D eigenvalue weighted by molar-refractivity contribution is 0.168. The van der Waals surface area contributed by atoms with Crippen LogP contribution in [0, 0.1) is 17.3 Å². The maximum absolute atomic E-state index is 3.54. The zero-order valence-electron chi connectivity index (χ0n) is 12.6. The Balaban J connectivity index is 2.48. The van der Waals surface area contributed by atoms with Crippen LogP contribution in [-0.2, 0) is 0 Å². The van der Waals surface area contributed by atoms with Crippen molar-refractivity contribution in [1.82, 2.24) is 10.2 Å². The summed E-state index contributed by atoms with van der Waals surface area (Å²) in [6.07, 6.45) is 2.63. The molecule has 1 aliphatic heterocycles. The van der Waals surface area contributed by atoms with Gasteiger partial charge in [-0.2, -0.15) is 0 Å². The Hall–Kier alpha value is -0.0800. The highest BCUT2D eigenvalue weighted by Crippen LogP contribution is 2.29. The van der Waals surface area contributed by atoms with Crippen molar-refractivity contribution in [3.05, 3.63) is 0 Å². The van der Waals surface area contributed by atoms with Gasteiger partial charge in [-0.15, -0.1) is 0 Å². The van der Waals surface area contributed by atoms with Crippen molar-refractivity contribution in [1.29, 1.82) is 0 Å². The molecule has 1 fully saturated rings. The van der Waals surface area contributed by atoms with Crippen molar-refractivity contribution in [2.24, 2.45) is 17.3 Å². The molecule has 1 N–H and O–H groups in total. The minimum Gasteiger partial charge on any atom is -0.316 e. The topological polar surface area (TPSA) is 15.3 Å². The van der Waals surface area contributed by atoms with Gasteiger partial charge in [0, 0.05) is 26.2 Å². The molecule has 0 aromatic carbocycles. The summed E-state index contributed by atoms with van der Waals surface area (Å²) in [4.78, 5) is 2.68. The standard InChI is InChI=1S/C15H32N2/c1-6-8-15(5,11-16-7-2)12-17-9-13(3)14(4)10-17/h13-14,16H,6-12H2,1-5H3. The fourth-order valence-electron chi connectivity index (χ4n) is 3.17. The number of hydrogen-bond donors (Lipinski definition) is 1. The Labute approximate surface area is 108 Å². The van der Waals surface area contributed by atoms with Crippen LogP contribution >= 0.6 is 0 Å². The van der Waals surface area contributed by atoms with Crippen molar-refractivity contribution in [3.8, 4) is 0 Å². The second kappa shape index (κ2) is 6.75.